The van der Waals surface area contributed by atoms with Crippen LogP contribution in [-0.2, 0) is 9.59 Å². The van der Waals surface area contributed by atoms with Crippen LogP contribution in [0.4, 0.5) is 0 Å². The van der Waals surface area contributed by atoms with E-state index in [-0.39, 0.29) is 11.8 Å². The van der Waals surface area contributed by atoms with Crippen LogP contribution < -0.4 is 0 Å². The van der Waals surface area contributed by atoms with Crippen LogP contribution in [0.1, 0.15) is 26.2 Å². The maximum atomic E-state index is 11.5. The predicted molar refractivity (Wildman–Crippen MR) is 47.2 cm³/mol. The first-order chi connectivity index (χ1) is 6.07. The fraction of sp³-hybridized carbons (Fsp3) is 0.778. The van der Waals surface area contributed by atoms with Crippen molar-refractivity contribution in [3.63, 3.8) is 0 Å². The van der Waals surface area contributed by atoms with E-state index in [0.717, 1.165) is 12.8 Å². The van der Waals surface area contributed by atoms with Crippen LogP contribution >= 0.6 is 0 Å². The second-order valence-electron chi connectivity index (χ2n) is 3.49. The zero-order chi connectivity index (χ0) is 10.0. The number of rotatable bonds is 4. The molecule has 1 atom stereocenters. The van der Waals surface area contributed by atoms with Crippen molar-refractivity contribution < 1.29 is 14.7 Å². The number of aliphatic carboxylic acids is 1. The fourth-order valence-corrected chi connectivity index (χ4v) is 1.39. The lowest BCUT2D eigenvalue weighted by Gasteiger charge is -2.23. The molecule has 0 aromatic rings. The number of carbonyl (C=O) groups excluding carboxylic acids is 1. The molecule has 1 aliphatic rings. The minimum atomic E-state index is -0.918. The molecule has 1 aliphatic carbocycles. The van der Waals surface area contributed by atoms with Crippen LogP contribution in [0.3, 0.4) is 0 Å². The molecule has 0 aliphatic heterocycles. The minimum Gasteiger partial charge on any atom is -0.480 e. The molecule has 1 fully saturated rings. The standard InChI is InChI=1S/C9H15NO3/c1-3-7(9(12)13)10(2)8(11)6-4-5-6/h6-7H,3-5H2,1-2H3,(H,12,13). The van der Waals surface area contributed by atoms with Gasteiger partial charge in [0.15, 0.2) is 0 Å². The van der Waals surface area contributed by atoms with Crippen molar-refractivity contribution in [1.29, 1.82) is 0 Å². The van der Waals surface area contributed by atoms with Gasteiger partial charge in [-0.25, -0.2) is 4.79 Å². The number of hydrogen-bond acceptors (Lipinski definition) is 2. The second kappa shape index (κ2) is 3.77. The van der Waals surface area contributed by atoms with Crippen molar-refractivity contribution in [1.82, 2.24) is 4.90 Å². The first-order valence-electron chi connectivity index (χ1n) is 4.57. The average Bonchev–Trinajstić information content (AvgIpc) is 2.85. The summed E-state index contributed by atoms with van der Waals surface area (Å²) in [7, 11) is 1.57. The third kappa shape index (κ3) is 2.20. The van der Waals surface area contributed by atoms with Crippen LogP contribution in [0.5, 0.6) is 0 Å². The summed E-state index contributed by atoms with van der Waals surface area (Å²) < 4.78 is 0. The molecule has 0 bridgehead atoms. The van der Waals surface area contributed by atoms with Crippen LogP contribution in [0.2, 0.25) is 0 Å². The maximum Gasteiger partial charge on any atom is 0.326 e. The summed E-state index contributed by atoms with van der Waals surface area (Å²) in [5, 5.41) is 8.80. The molecule has 0 aromatic carbocycles. The van der Waals surface area contributed by atoms with Gasteiger partial charge < -0.3 is 10.0 Å². The Hall–Kier alpha value is -1.06. The number of carboxylic acids is 1. The smallest absolute Gasteiger partial charge is 0.326 e. The third-order valence-electron chi connectivity index (χ3n) is 2.41. The highest BCUT2D eigenvalue weighted by atomic mass is 16.4. The molecule has 0 spiro atoms. The van der Waals surface area contributed by atoms with E-state index in [1.54, 1.807) is 14.0 Å². The molecule has 0 aromatic heterocycles. The molecule has 1 rings (SSSR count). The van der Waals surface area contributed by atoms with Gasteiger partial charge in [0.05, 0.1) is 0 Å². The van der Waals surface area contributed by atoms with Crippen LogP contribution in [0.25, 0.3) is 0 Å². The van der Waals surface area contributed by atoms with Gasteiger partial charge in [0.1, 0.15) is 6.04 Å². The molecular weight excluding hydrogens is 170 g/mol. The van der Waals surface area contributed by atoms with Crippen molar-refractivity contribution in [2.75, 3.05) is 7.05 Å². The zero-order valence-corrected chi connectivity index (χ0v) is 7.99. The Morgan fingerprint density at radius 1 is 1.54 bits per heavy atom. The second-order valence-corrected chi connectivity index (χ2v) is 3.49. The summed E-state index contributed by atoms with van der Waals surface area (Å²) in [6, 6.07) is -0.659. The Bertz CT molecular complexity index is 223. The van der Waals surface area contributed by atoms with Crippen LogP contribution in [0.15, 0.2) is 0 Å². The van der Waals surface area contributed by atoms with Gasteiger partial charge >= 0.3 is 5.97 Å². The quantitative estimate of drug-likeness (QED) is 0.702. The van der Waals surface area contributed by atoms with Crippen molar-refractivity contribution in [3.05, 3.63) is 0 Å². The molecule has 4 nitrogen and oxygen atoms in total. The van der Waals surface area contributed by atoms with Gasteiger partial charge in [0.25, 0.3) is 0 Å². The van der Waals surface area contributed by atoms with Crippen molar-refractivity contribution in [2.45, 2.75) is 32.2 Å². The lowest BCUT2D eigenvalue weighted by atomic mass is 10.2. The average molecular weight is 185 g/mol. The van der Waals surface area contributed by atoms with Gasteiger partial charge in [-0.15, -0.1) is 0 Å². The molecule has 4 heteroatoms. The molecule has 1 saturated carbocycles. The molecule has 74 valence electrons. The number of carbonyl (C=O) groups is 2. The zero-order valence-electron chi connectivity index (χ0n) is 7.99. The van der Waals surface area contributed by atoms with E-state index in [2.05, 4.69) is 0 Å². The number of hydrogen-bond donors (Lipinski definition) is 1. The molecule has 1 amide bonds. The number of amides is 1. The largest absolute Gasteiger partial charge is 0.480 e. The molecule has 0 radical (unpaired) electrons. The highest BCUT2D eigenvalue weighted by molar-refractivity contribution is 5.86. The first kappa shape index (κ1) is 10.0. The van der Waals surface area contributed by atoms with Crippen molar-refractivity contribution in [2.24, 2.45) is 5.92 Å². The monoisotopic (exact) mass is 185 g/mol. The van der Waals surface area contributed by atoms with E-state index in [1.807, 2.05) is 0 Å². The van der Waals surface area contributed by atoms with Gasteiger partial charge in [-0.2, -0.15) is 0 Å². The van der Waals surface area contributed by atoms with Gasteiger partial charge in [-0.3, -0.25) is 4.79 Å². The van der Waals surface area contributed by atoms with Gasteiger partial charge in [-0.1, -0.05) is 6.92 Å². The van der Waals surface area contributed by atoms with E-state index < -0.39 is 12.0 Å². The Balaban J connectivity index is 2.56. The Labute approximate surface area is 77.5 Å². The Kier molecular flexibility index (Phi) is 2.90. The summed E-state index contributed by atoms with van der Waals surface area (Å²) in [6.45, 7) is 1.77. The summed E-state index contributed by atoms with van der Waals surface area (Å²) in [5.41, 5.74) is 0. The molecular formula is C9H15NO3. The lowest BCUT2D eigenvalue weighted by molar-refractivity contribution is -0.149. The third-order valence-corrected chi connectivity index (χ3v) is 2.41. The summed E-state index contributed by atoms with van der Waals surface area (Å²) in [4.78, 5) is 23.6. The molecule has 0 heterocycles. The molecule has 0 saturated heterocycles. The minimum absolute atomic E-state index is 0.0192. The van der Waals surface area contributed by atoms with Gasteiger partial charge in [0.2, 0.25) is 5.91 Å². The van der Waals surface area contributed by atoms with Gasteiger partial charge in [0, 0.05) is 13.0 Å². The summed E-state index contributed by atoms with van der Waals surface area (Å²) in [6.07, 6.45) is 2.29. The van der Waals surface area contributed by atoms with Crippen molar-refractivity contribution in [3.8, 4) is 0 Å². The SMILES string of the molecule is CCC(C(=O)O)N(C)C(=O)C1CC1. The van der Waals surface area contributed by atoms with Crippen molar-refractivity contribution >= 4 is 11.9 Å². The van der Waals surface area contributed by atoms with E-state index in [9.17, 15) is 9.59 Å². The normalized spacial score (nSPS) is 18.0. The van der Waals surface area contributed by atoms with E-state index in [1.165, 1.54) is 4.90 Å². The Morgan fingerprint density at radius 3 is 2.38 bits per heavy atom. The van der Waals surface area contributed by atoms with E-state index >= 15 is 0 Å². The predicted octanol–water partition coefficient (Wildman–Crippen LogP) is 0.718. The van der Waals surface area contributed by atoms with Crippen LogP contribution in [0, 0.1) is 5.92 Å². The topological polar surface area (TPSA) is 57.6 Å². The van der Waals surface area contributed by atoms with Gasteiger partial charge in [-0.05, 0) is 19.3 Å². The van der Waals surface area contributed by atoms with Crippen LogP contribution in [-0.4, -0.2) is 35.0 Å². The maximum absolute atomic E-state index is 11.5. The number of nitrogens with zero attached hydrogens (tertiary/aromatic N) is 1. The molecule has 1 N–H and O–H groups in total. The Morgan fingerprint density at radius 2 is 2.08 bits per heavy atom. The number of carboxylic acid groups (broad SMARTS) is 1. The first-order valence-corrected chi connectivity index (χ1v) is 4.57. The highest BCUT2D eigenvalue weighted by Crippen LogP contribution is 2.31. The highest BCUT2D eigenvalue weighted by Gasteiger charge is 2.35. The van der Waals surface area contributed by atoms with E-state index in [0.29, 0.717) is 6.42 Å². The fourth-order valence-electron chi connectivity index (χ4n) is 1.39. The molecule has 13 heavy (non-hydrogen) atoms. The summed E-state index contributed by atoms with van der Waals surface area (Å²) >= 11 is 0. The number of likely N-dealkylation sites (N-methyl/N-ethyl adjacent to an activating group) is 1. The van der Waals surface area contributed by atoms with E-state index in [4.69, 9.17) is 5.11 Å². The lowest BCUT2D eigenvalue weighted by Crippen LogP contribution is -2.42. The summed E-state index contributed by atoms with van der Waals surface area (Å²) in [5.74, 6) is -0.841. The molecule has 1 unspecified atom stereocenters.